The van der Waals surface area contributed by atoms with Crippen molar-refractivity contribution in [2.24, 2.45) is 5.73 Å². The van der Waals surface area contributed by atoms with E-state index >= 15 is 0 Å². The number of aromatic nitrogens is 2. The molecule has 0 unspecified atom stereocenters. The summed E-state index contributed by atoms with van der Waals surface area (Å²) in [5.74, 6) is 0. The van der Waals surface area contributed by atoms with E-state index in [1.54, 1.807) is 18.5 Å². The fourth-order valence-electron chi connectivity index (χ4n) is 1.36. The summed E-state index contributed by atoms with van der Waals surface area (Å²) in [5.41, 5.74) is 7.34. The van der Waals surface area contributed by atoms with Crippen LogP contribution in [0.5, 0.6) is 0 Å². The van der Waals surface area contributed by atoms with Crippen LogP contribution in [0.15, 0.2) is 25.0 Å². The molecule has 0 fully saturated rings. The van der Waals surface area contributed by atoms with Crippen LogP contribution in [0.3, 0.4) is 0 Å². The van der Waals surface area contributed by atoms with Gasteiger partial charge in [-0.2, -0.15) is 0 Å². The predicted octanol–water partition coefficient (Wildman–Crippen LogP) is 1.54. The Hall–Kier alpha value is -1.22. The Morgan fingerprint density at radius 2 is 2.15 bits per heavy atom. The predicted molar refractivity (Wildman–Crippen MR) is 53.1 cm³/mol. The zero-order valence-corrected chi connectivity index (χ0v) is 8.12. The van der Waals surface area contributed by atoms with Crippen LogP contribution in [0.25, 0.3) is 0 Å². The van der Waals surface area contributed by atoms with Crippen molar-refractivity contribution in [1.82, 2.24) is 9.97 Å². The third-order valence-electron chi connectivity index (χ3n) is 1.99. The molecule has 3 nitrogen and oxygen atoms in total. The van der Waals surface area contributed by atoms with Crippen molar-refractivity contribution in [3.63, 3.8) is 0 Å². The van der Waals surface area contributed by atoms with E-state index in [1.807, 2.05) is 13.8 Å². The van der Waals surface area contributed by atoms with Crippen LogP contribution >= 0.6 is 0 Å². The molecule has 0 saturated heterocycles. The maximum Gasteiger partial charge on any atom is 0.0814 e. The lowest BCUT2D eigenvalue weighted by molar-refractivity contribution is 0.480. The highest BCUT2D eigenvalue weighted by Gasteiger charge is 2.23. The van der Waals surface area contributed by atoms with Crippen molar-refractivity contribution < 1.29 is 0 Å². The van der Waals surface area contributed by atoms with Crippen LogP contribution in [-0.4, -0.2) is 9.97 Å². The molecule has 1 atom stereocenters. The Morgan fingerprint density at radius 3 is 2.69 bits per heavy atom. The molecule has 0 saturated carbocycles. The highest BCUT2D eigenvalue weighted by Crippen LogP contribution is 2.21. The molecule has 0 aromatic carbocycles. The third kappa shape index (κ3) is 2.12. The molecule has 1 rings (SSSR count). The fourth-order valence-corrected chi connectivity index (χ4v) is 1.36. The average Bonchev–Trinajstić information content (AvgIpc) is 2.04. The Labute approximate surface area is 78.7 Å². The van der Waals surface area contributed by atoms with E-state index < -0.39 is 5.54 Å². The molecule has 0 bridgehead atoms. The van der Waals surface area contributed by atoms with E-state index in [2.05, 4.69) is 16.5 Å². The summed E-state index contributed by atoms with van der Waals surface area (Å²) in [6.07, 6.45) is 5.83. The Kier molecular flexibility index (Phi) is 2.78. The summed E-state index contributed by atoms with van der Waals surface area (Å²) < 4.78 is 0. The van der Waals surface area contributed by atoms with E-state index in [0.29, 0.717) is 6.42 Å². The second-order valence-corrected chi connectivity index (χ2v) is 3.40. The summed E-state index contributed by atoms with van der Waals surface area (Å²) in [7, 11) is 0. The largest absolute Gasteiger partial charge is 0.320 e. The monoisotopic (exact) mass is 177 g/mol. The summed E-state index contributed by atoms with van der Waals surface area (Å²) in [6, 6.07) is 0. The minimum absolute atomic E-state index is 0.458. The first kappa shape index (κ1) is 9.86. The van der Waals surface area contributed by atoms with Gasteiger partial charge < -0.3 is 5.73 Å². The van der Waals surface area contributed by atoms with Gasteiger partial charge in [-0.15, -0.1) is 6.58 Å². The summed E-state index contributed by atoms with van der Waals surface area (Å²) in [6.45, 7) is 7.52. The molecule has 0 aliphatic heterocycles. The van der Waals surface area contributed by atoms with Gasteiger partial charge in [0.05, 0.1) is 16.9 Å². The molecule has 1 aromatic rings. The topological polar surface area (TPSA) is 51.8 Å². The Balaban J connectivity index is 3.06. The maximum atomic E-state index is 6.08. The quantitative estimate of drug-likeness (QED) is 0.712. The second-order valence-electron chi connectivity index (χ2n) is 3.40. The maximum absolute atomic E-state index is 6.08. The zero-order valence-electron chi connectivity index (χ0n) is 8.12. The van der Waals surface area contributed by atoms with Gasteiger partial charge in [0.15, 0.2) is 0 Å². The molecule has 70 valence electrons. The summed E-state index contributed by atoms with van der Waals surface area (Å²) in [5, 5.41) is 0. The van der Waals surface area contributed by atoms with Crippen LogP contribution < -0.4 is 5.73 Å². The highest BCUT2D eigenvalue weighted by molar-refractivity contribution is 5.19. The van der Waals surface area contributed by atoms with Gasteiger partial charge in [-0.05, 0) is 20.3 Å². The van der Waals surface area contributed by atoms with Gasteiger partial charge in [0, 0.05) is 12.4 Å². The fraction of sp³-hybridized carbons (Fsp3) is 0.400. The van der Waals surface area contributed by atoms with E-state index in [4.69, 9.17) is 5.73 Å². The molecule has 0 amide bonds. The average molecular weight is 177 g/mol. The van der Waals surface area contributed by atoms with Crippen molar-refractivity contribution in [2.75, 3.05) is 0 Å². The van der Waals surface area contributed by atoms with Crippen LogP contribution in [0.4, 0.5) is 0 Å². The minimum atomic E-state index is -0.458. The smallest absolute Gasteiger partial charge is 0.0814 e. The molecule has 13 heavy (non-hydrogen) atoms. The van der Waals surface area contributed by atoms with E-state index in [1.165, 1.54) is 0 Å². The number of nitrogens with zero attached hydrogens (tertiary/aromatic N) is 2. The molecule has 0 aliphatic rings. The SMILES string of the molecule is C=CC[C@](C)(N)c1nccnc1C. The lowest BCUT2D eigenvalue weighted by atomic mass is 9.93. The highest BCUT2D eigenvalue weighted by atomic mass is 14.9. The summed E-state index contributed by atoms with van der Waals surface area (Å²) in [4.78, 5) is 8.38. The van der Waals surface area contributed by atoms with Crippen LogP contribution in [0.1, 0.15) is 24.7 Å². The standard InChI is InChI=1S/C10H15N3/c1-4-5-10(3,11)9-8(2)12-6-7-13-9/h4,6-7H,1,5,11H2,2-3H3/t10-/m0/s1. The van der Waals surface area contributed by atoms with Crippen molar-refractivity contribution >= 4 is 0 Å². The number of hydrogen-bond acceptors (Lipinski definition) is 3. The number of aryl methyl sites for hydroxylation is 1. The lowest BCUT2D eigenvalue weighted by Gasteiger charge is -2.23. The Bertz CT molecular complexity index is 305. The van der Waals surface area contributed by atoms with Crippen molar-refractivity contribution in [1.29, 1.82) is 0 Å². The van der Waals surface area contributed by atoms with Gasteiger partial charge >= 0.3 is 0 Å². The molecule has 1 heterocycles. The number of rotatable bonds is 3. The van der Waals surface area contributed by atoms with E-state index in [9.17, 15) is 0 Å². The molecule has 2 N–H and O–H groups in total. The Morgan fingerprint density at radius 1 is 1.54 bits per heavy atom. The van der Waals surface area contributed by atoms with Crippen LogP contribution in [-0.2, 0) is 5.54 Å². The normalized spacial score (nSPS) is 15.0. The molecular weight excluding hydrogens is 162 g/mol. The van der Waals surface area contributed by atoms with Crippen molar-refractivity contribution in [3.8, 4) is 0 Å². The molecule has 0 aliphatic carbocycles. The molecule has 3 heteroatoms. The number of hydrogen-bond donors (Lipinski definition) is 1. The van der Waals surface area contributed by atoms with Crippen LogP contribution in [0.2, 0.25) is 0 Å². The lowest BCUT2D eigenvalue weighted by Crippen LogP contribution is -2.34. The van der Waals surface area contributed by atoms with Gasteiger partial charge in [-0.1, -0.05) is 6.08 Å². The second kappa shape index (κ2) is 3.66. The summed E-state index contributed by atoms with van der Waals surface area (Å²) >= 11 is 0. The first-order valence-electron chi connectivity index (χ1n) is 4.26. The zero-order chi connectivity index (χ0) is 9.90. The molecular formula is C10H15N3. The van der Waals surface area contributed by atoms with Gasteiger partial charge in [-0.3, -0.25) is 9.97 Å². The van der Waals surface area contributed by atoms with Crippen molar-refractivity contribution in [2.45, 2.75) is 25.8 Å². The van der Waals surface area contributed by atoms with Gasteiger partial charge in [0.1, 0.15) is 0 Å². The van der Waals surface area contributed by atoms with Crippen molar-refractivity contribution in [3.05, 3.63) is 36.4 Å². The third-order valence-corrected chi connectivity index (χ3v) is 1.99. The molecule has 0 spiro atoms. The molecule has 0 radical (unpaired) electrons. The van der Waals surface area contributed by atoms with E-state index in [0.717, 1.165) is 11.4 Å². The van der Waals surface area contributed by atoms with Gasteiger partial charge in [0.25, 0.3) is 0 Å². The minimum Gasteiger partial charge on any atom is -0.320 e. The first-order valence-corrected chi connectivity index (χ1v) is 4.26. The number of nitrogens with two attached hydrogens (primary N) is 1. The van der Waals surface area contributed by atoms with Gasteiger partial charge in [0.2, 0.25) is 0 Å². The van der Waals surface area contributed by atoms with Gasteiger partial charge in [-0.25, -0.2) is 0 Å². The van der Waals surface area contributed by atoms with Crippen LogP contribution in [0, 0.1) is 6.92 Å². The molecule has 1 aromatic heterocycles. The van der Waals surface area contributed by atoms with E-state index in [-0.39, 0.29) is 0 Å². The first-order chi connectivity index (χ1) is 6.08.